The molecule has 1 atom stereocenters. The predicted octanol–water partition coefficient (Wildman–Crippen LogP) is 4.25. The summed E-state index contributed by atoms with van der Waals surface area (Å²) in [5.41, 5.74) is 2.11. The van der Waals surface area contributed by atoms with E-state index in [-0.39, 0.29) is 11.9 Å². The van der Waals surface area contributed by atoms with Crippen molar-refractivity contribution in [2.24, 2.45) is 0 Å². The van der Waals surface area contributed by atoms with E-state index in [1.807, 2.05) is 50.2 Å². The summed E-state index contributed by atoms with van der Waals surface area (Å²) in [7, 11) is 0. The zero-order valence-corrected chi connectivity index (χ0v) is 14.0. The van der Waals surface area contributed by atoms with Gasteiger partial charge in [-0.05, 0) is 49.8 Å². The SMILES string of the molecule is Cc1ccc(OCC(C)NC(=O)/C=C/c2ccc(Cl)cc2)cc1. The first-order valence-corrected chi connectivity index (χ1v) is 7.84. The van der Waals surface area contributed by atoms with Gasteiger partial charge in [0.1, 0.15) is 12.4 Å². The van der Waals surface area contributed by atoms with Crippen LogP contribution in [0.15, 0.2) is 54.6 Å². The van der Waals surface area contributed by atoms with E-state index in [1.54, 1.807) is 18.2 Å². The van der Waals surface area contributed by atoms with E-state index in [2.05, 4.69) is 5.32 Å². The molecule has 1 unspecified atom stereocenters. The topological polar surface area (TPSA) is 38.3 Å². The third-order valence-electron chi connectivity index (χ3n) is 3.21. The molecular formula is C19H20ClNO2. The maximum atomic E-state index is 11.9. The molecule has 0 aliphatic rings. The lowest BCUT2D eigenvalue weighted by Crippen LogP contribution is -2.35. The third kappa shape index (κ3) is 6.17. The number of aryl methyl sites for hydroxylation is 1. The van der Waals surface area contributed by atoms with Gasteiger partial charge in [-0.2, -0.15) is 0 Å². The van der Waals surface area contributed by atoms with Gasteiger partial charge in [0, 0.05) is 11.1 Å². The Morgan fingerprint density at radius 3 is 2.48 bits per heavy atom. The first-order chi connectivity index (χ1) is 11.0. The maximum Gasteiger partial charge on any atom is 0.244 e. The molecule has 0 saturated carbocycles. The third-order valence-corrected chi connectivity index (χ3v) is 3.46. The van der Waals surface area contributed by atoms with Crippen molar-refractivity contribution in [2.45, 2.75) is 19.9 Å². The van der Waals surface area contributed by atoms with Gasteiger partial charge < -0.3 is 10.1 Å². The number of halogens is 1. The average molecular weight is 330 g/mol. The van der Waals surface area contributed by atoms with Crippen LogP contribution in [0.3, 0.4) is 0 Å². The number of hydrogen-bond acceptors (Lipinski definition) is 2. The highest BCUT2D eigenvalue weighted by Gasteiger charge is 2.05. The van der Waals surface area contributed by atoms with Crippen molar-refractivity contribution >= 4 is 23.6 Å². The van der Waals surface area contributed by atoms with E-state index in [9.17, 15) is 4.79 Å². The molecule has 23 heavy (non-hydrogen) atoms. The fraction of sp³-hybridized carbons (Fsp3) is 0.211. The minimum absolute atomic E-state index is 0.0846. The van der Waals surface area contributed by atoms with E-state index in [1.165, 1.54) is 11.6 Å². The molecule has 0 heterocycles. The van der Waals surface area contributed by atoms with Crippen LogP contribution in [0.4, 0.5) is 0 Å². The van der Waals surface area contributed by atoms with Gasteiger partial charge in [0.05, 0.1) is 6.04 Å². The van der Waals surface area contributed by atoms with Crippen LogP contribution in [-0.2, 0) is 4.79 Å². The molecule has 2 rings (SSSR count). The summed E-state index contributed by atoms with van der Waals surface area (Å²) < 4.78 is 5.65. The Morgan fingerprint density at radius 2 is 1.83 bits per heavy atom. The number of nitrogens with one attached hydrogen (secondary N) is 1. The molecule has 0 bridgehead atoms. The van der Waals surface area contributed by atoms with Gasteiger partial charge in [-0.1, -0.05) is 41.4 Å². The van der Waals surface area contributed by atoms with Gasteiger partial charge in [0.25, 0.3) is 0 Å². The first-order valence-electron chi connectivity index (χ1n) is 7.46. The molecule has 0 saturated heterocycles. The summed E-state index contributed by atoms with van der Waals surface area (Å²) in [4.78, 5) is 11.9. The first kappa shape index (κ1) is 17.1. The second-order valence-corrected chi connectivity index (χ2v) is 5.86. The largest absolute Gasteiger partial charge is 0.491 e. The molecule has 1 amide bonds. The van der Waals surface area contributed by atoms with Crippen LogP contribution in [-0.4, -0.2) is 18.6 Å². The Bertz CT molecular complexity index is 663. The van der Waals surface area contributed by atoms with Crippen LogP contribution >= 0.6 is 11.6 Å². The Balaban J connectivity index is 1.77. The summed E-state index contributed by atoms with van der Waals surface area (Å²) in [6.45, 7) is 4.35. The number of rotatable bonds is 6. The predicted molar refractivity (Wildman–Crippen MR) is 94.8 cm³/mol. The minimum atomic E-state index is -0.153. The van der Waals surface area contributed by atoms with Crippen LogP contribution in [0.1, 0.15) is 18.1 Å². The van der Waals surface area contributed by atoms with E-state index in [0.717, 1.165) is 11.3 Å². The Morgan fingerprint density at radius 1 is 1.17 bits per heavy atom. The smallest absolute Gasteiger partial charge is 0.244 e. The molecule has 0 spiro atoms. The van der Waals surface area contributed by atoms with E-state index >= 15 is 0 Å². The lowest BCUT2D eigenvalue weighted by atomic mass is 10.2. The normalized spacial score (nSPS) is 12.1. The van der Waals surface area contributed by atoms with Crippen LogP contribution in [0.5, 0.6) is 5.75 Å². The summed E-state index contributed by atoms with van der Waals surface area (Å²) in [6, 6.07) is 15.0. The summed E-state index contributed by atoms with van der Waals surface area (Å²) in [5.74, 6) is 0.647. The molecular weight excluding hydrogens is 310 g/mol. The molecule has 3 nitrogen and oxygen atoms in total. The number of amides is 1. The average Bonchev–Trinajstić information content (AvgIpc) is 2.54. The second kappa shape index (κ2) is 8.39. The fourth-order valence-electron chi connectivity index (χ4n) is 1.93. The Labute approximate surface area is 141 Å². The second-order valence-electron chi connectivity index (χ2n) is 5.42. The monoisotopic (exact) mass is 329 g/mol. The number of benzene rings is 2. The van der Waals surface area contributed by atoms with E-state index in [0.29, 0.717) is 11.6 Å². The van der Waals surface area contributed by atoms with Gasteiger partial charge >= 0.3 is 0 Å². The molecule has 1 N–H and O–H groups in total. The van der Waals surface area contributed by atoms with Crippen molar-refractivity contribution in [1.29, 1.82) is 0 Å². The van der Waals surface area contributed by atoms with Crippen LogP contribution in [0.25, 0.3) is 6.08 Å². The van der Waals surface area contributed by atoms with Gasteiger partial charge in [0.2, 0.25) is 5.91 Å². The molecule has 2 aromatic carbocycles. The summed E-state index contributed by atoms with van der Waals surface area (Å²) >= 11 is 5.82. The van der Waals surface area contributed by atoms with Gasteiger partial charge in [-0.3, -0.25) is 4.79 Å². The lowest BCUT2D eigenvalue weighted by Gasteiger charge is -2.14. The highest BCUT2D eigenvalue weighted by molar-refractivity contribution is 6.30. The van der Waals surface area contributed by atoms with Gasteiger partial charge in [-0.25, -0.2) is 0 Å². The summed E-state index contributed by atoms with van der Waals surface area (Å²) in [6.07, 6.45) is 3.25. The Hall–Kier alpha value is -2.26. The molecule has 0 aliphatic carbocycles. The van der Waals surface area contributed by atoms with Crippen LogP contribution in [0, 0.1) is 6.92 Å². The van der Waals surface area contributed by atoms with Crippen molar-refractivity contribution < 1.29 is 9.53 Å². The zero-order chi connectivity index (χ0) is 16.7. The molecule has 2 aromatic rings. The molecule has 120 valence electrons. The van der Waals surface area contributed by atoms with Crippen molar-refractivity contribution in [1.82, 2.24) is 5.32 Å². The van der Waals surface area contributed by atoms with Crippen molar-refractivity contribution in [3.8, 4) is 5.75 Å². The molecule has 0 fully saturated rings. The summed E-state index contributed by atoms with van der Waals surface area (Å²) in [5, 5.41) is 3.54. The van der Waals surface area contributed by atoms with Gasteiger partial charge in [0.15, 0.2) is 0 Å². The number of carbonyl (C=O) groups is 1. The van der Waals surface area contributed by atoms with E-state index < -0.39 is 0 Å². The molecule has 0 aliphatic heterocycles. The number of ether oxygens (including phenoxy) is 1. The van der Waals surface area contributed by atoms with E-state index in [4.69, 9.17) is 16.3 Å². The molecule has 0 aromatic heterocycles. The number of hydrogen-bond donors (Lipinski definition) is 1. The van der Waals surface area contributed by atoms with Crippen molar-refractivity contribution in [2.75, 3.05) is 6.61 Å². The number of carbonyl (C=O) groups excluding carboxylic acids is 1. The highest BCUT2D eigenvalue weighted by atomic mass is 35.5. The van der Waals surface area contributed by atoms with Crippen molar-refractivity contribution in [3.63, 3.8) is 0 Å². The lowest BCUT2D eigenvalue weighted by molar-refractivity contribution is -0.117. The molecule has 0 radical (unpaired) electrons. The minimum Gasteiger partial charge on any atom is -0.491 e. The Kier molecular flexibility index (Phi) is 6.24. The van der Waals surface area contributed by atoms with Crippen molar-refractivity contribution in [3.05, 3.63) is 70.8 Å². The van der Waals surface area contributed by atoms with Gasteiger partial charge in [-0.15, -0.1) is 0 Å². The van der Waals surface area contributed by atoms with Crippen LogP contribution in [0.2, 0.25) is 5.02 Å². The highest BCUT2D eigenvalue weighted by Crippen LogP contribution is 2.12. The van der Waals surface area contributed by atoms with Crippen LogP contribution < -0.4 is 10.1 Å². The standard InChI is InChI=1S/C19H20ClNO2/c1-14-3-10-18(11-4-14)23-13-15(2)21-19(22)12-7-16-5-8-17(20)9-6-16/h3-12,15H,13H2,1-2H3,(H,21,22)/b12-7+. The zero-order valence-electron chi connectivity index (χ0n) is 13.3. The maximum absolute atomic E-state index is 11.9. The quantitative estimate of drug-likeness (QED) is 0.805. The molecule has 4 heteroatoms. The fourth-order valence-corrected chi connectivity index (χ4v) is 2.06.